The van der Waals surface area contributed by atoms with Gasteiger partial charge in [-0.15, -0.1) is 5.10 Å². The van der Waals surface area contributed by atoms with Crippen molar-refractivity contribution in [2.24, 2.45) is 0 Å². The van der Waals surface area contributed by atoms with Crippen LogP contribution in [0.15, 0.2) is 48.5 Å². The minimum atomic E-state index is -0.275. The van der Waals surface area contributed by atoms with Gasteiger partial charge in [-0.3, -0.25) is 4.79 Å². The minimum absolute atomic E-state index is 0.160. The van der Waals surface area contributed by atoms with Crippen LogP contribution in [-0.4, -0.2) is 27.3 Å². The van der Waals surface area contributed by atoms with Gasteiger partial charge in [0, 0.05) is 16.1 Å². The van der Waals surface area contributed by atoms with E-state index in [1.165, 1.54) is 4.68 Å². The first-order valence-electron chi connectivity index (χ1n) is 7.55. The van der Waals surface area contributed by atoms with Crippen molar-refractivity contribution >= 4 is 17.5 Å². The lowest BCUT2D eigenvalue weighted by molar-refractivity contribution is 0.0945. The van der Waals surface area contributed by atoms with E-state index < -0.39 is 0 Å². The van der Waals surface area contributed by atoms with Crippen molar-refractivity contribution in [2.45, 2.75) is 13.8 Å². The number of nitrogens with zero attached hydrogens (tertiary/aromatic N) is 3. The summed E-state index contributed by atoms with van der Waals surface area (Å²) in [5.74, 6) is 0.120. The summed E-state index contributed by atoms with van der Waals surface area (Å²) in [5.41, 5.74) is 2.30. The molecule has 3 rings (SSSR count). The minimum Gasteiger partial charge on any atom is -0.463 e. The van der Waals surface area contributed by atoms with E-state index in [1.54, 1.807) is 30.3 Å². The number of carbonyl (C=O) groups excluding carboxylic acids is 1. The first-order valence-corrected chi connectivity index (χ1v) is 7.93. The van der Waals surface area contributed by atoms with Crippen LogP contribution in [0, 0.1) is 6.92 Å². The molecule has 0 spiro atoms. The highest BCUT2D eigenvalue weighted by molar-refractivity contribution is 6.30. The highest BCUT2D eigenvalue weighted by Gasteiger charge is 2.20. The fourth-order valence-corrected chi connectivity index (χ4v) is 2.45. The van der Waals surface area contributed by atoms with Crippen molar-refractivity contribution in [2.75, 3.05) is 6.61 Å². The van der Waals surface area contributed by atoms with Crippen molar-refractivity contribution in [1.82, 2.24) is 14.8 Å². The number of carbonyl (C=O) groups is 1. The zero-order valence-electron chi connectivity index (χ0n) is 13.4. The van der Waals surface area contributed by atoms with Crippen LogP contribution >= 0.6 is 11.6 Å². The lowest BCUT2D eigenvalue weighted by atomic mass is 10.1. The number of benzene rings is 2. The molecule has 0 fully saturated rings. The molecule has 0 aliphatic carbocycles. The Balaban J connectivity index is 2.08. The predicted molar refractivity (Wildman–Crippen MR) is 92.5 cm³/mol. The van der Waals surface area contributed by atoms with Crippen LogP contribution in [0.3, 0.4) is 0 Å². The number of hydrogen-bond donors (Lipinski definition) is 0. The molecular formula is C18H16ClN3O2. The van der Waals surface area contributed by atoms with E-state index in [2.05, 4.69) is 10.1 Å². The van der Waals surface area contributed by atoms with Gasteiger partial charge in [0.25, 0.3) is 5.91 Å². The van der Waals surface area contributed by atoms with Gasteiger partial charge in [-0.2, -0.15) is 9.67 Å². The molecule has 6 heteroatoms. The predicted octanol–water partition coefficient (Wildman–Crippen LogP) is 3.99. The topological polar surface area (TPSA) is 57.0 Å². The number of ether oxygens (including phenoxy) is 1. The Labute approximate surface area is 144 Å². The number of halogens is 1. The molecule has 122 valence electrons. The van der Waals surface area contributed by atoms with E-state index in [0.29, 0.717) is 28.6 Å². The summed E-state index contributed by atoms with van der Waals surface area (Å²) < 4.78 is 6.61. The van der Waals surface area contributed by atoms with Gasteiger partial charge in [-0.05, 0) is 38.1 Å². The molecule has 0 amide bonds. The van der Waals surface area contributed by atoms with Gasteiger partial charge in [-0.25, -0.2) is 0 Å². The van der Waals surface area contributed by atoms with Crippen LogP contribution < -0.4 is 4.74 Å². The zero-order chi connectivity index (χ0) is 17.1. The van der Waals surface area contributed by atoms with Crippen LogP contribution in [0.2, 0.25) is 5.02 Å². The Hall–Kier alpha value is -2.66. The molecule has 1 aromatic heterocycles. The normalized spacial score (nSPS) is 10.6. The molecule has 0 saturated heterocycles. The monoisotopic (exact) mass is 341 g/mol. The Morgan fingerprint density at radius 3 is 2.62 bits per heavy atom. The first-order chi connectivity index (χ1) is 11.6. The fraction of sp³-hybridized carbons (Fsp3) is 0.167. The van der Waals surface area contributed by atoms with Crippen LogP contribution in [0.25, 0.3) is 11.4 Å². The average molecular weight is 342 g/mol. The molecule has 0 radical (unpaired) electrons. The number of rotatable bonds is 4. The lowest BCUT2D eigenvalue weighted by Crippen LogP contribution is -2.15. The van der Waals surface area contributed by atoms with Crippen molar-refractivity contribution in [3.8, 4) is 17.4 Å². The molecule has 1 heterocycles. The summed E-state index contributed by atoms with van der Waals surface area (Å²) in [7, 11) is 0. The fourth-order valence-electron chi connectivity index (χ4n) is 2.26. The molecule has 3 aromatic rings. The molecule has 0 atom stereocenters. The molecule has 0 aliphatic rings. The van der Waals surface area contributed by atoms with Crippen LogP contribution in [-0.2, 0) is 0 Å². The summed E-state index contributed by atoms with van der Waals surface area (Å²) in [6.45, 7) is 4.22. The van der Waals surface area contributed by atoms with Crippen LogP contribution in [0.5, 0.6) is 6.01 Å². The third kappa shape index (κ3) is 3.31. The van der Waals surface area contributed by atoms with Gasteiger partial charge in [0.1, 0.15) is 0 Å². The van der Waals surface area contributed by atoms with Gasteiger partial charge in [0.2, 0.25) is 0 Å². The van der Waals surface area contributed by atoms with Crippen molar-refractivity contribution in [3.63, 3.8) is 0 Å². The summed E-state index contributed by atoms with van der Waals surface area (Å²) in [6, 6.07) is 14.6. The number of aromatic nitrogens is 3. The largest absolute Gasteiger partial charge is 0.463 e. The maximum atomic E-state index is 12.8. The Morgan fingerprint density at radius 2 is 1.96 bits per heavy atom. The highest BCUT2D eigenvalue weighted by Crippen LogP contribution is 2.24. The highest BCUT2D eigenvalue weighted by atomic mass is 35.5. The average Bonchev–Trinajstić information content (AvgIpc) is 2.99. The number of hydrogen-bond acceptors (Lipinski definition) is 4. The molecule has 0 N–H and O–H groups in total. The zero-order valence-corrected chi connectivity index (χ0v) is 14.1. The summed E-state index contributed by atoms with van der Waals surface area (Å²) in [4.78, 5) is 17.2. The molecule has 2 aromatic carbocycles. The van der Waals surface area contributed by atoms with E-state index in [9.17, 15) is 4.79 Å². The van der Waals surface area contributed by atoms with Crippen LogP contribution in [0.4, 0.5) is 0 Å². The van der Waals surface area contributed by atoms with Gasteiger partial charge in [0.15, 0.2) is 5.82 Å². The van der Waals surface area contributed by atoms with E-state index in [-0.39, 0.29) is 11.9 Å². The number of aryl methyl sites for hydroxylation is 1. The van der Waals surface area contributed by atoms with Gasteiger partial charge < -0.3 is 4.74 Å². The van der Waals surface area contributed by atoms with Crippen molar-refractivity contribution < 1.29 is 9.53 Å². The Bertz CT molecular complexity index is 872. The third-order valence-electron chi connectivity index (χ3n) is 3.43. The Morgan fingerprint density at radius 1 is 1.21 bits per heavy atom. The molecule has 0 bridgehead atoms. The quantitative estimate of drug-likeness (QED) is 0.720. The van der Waals surface area contributed by atoms with Crippen LogP contribution in [0.1, 0.15) is 22.8 Å². The molecule has 24 heavy (non-hydrogen) atoms. The molecule has 0 saturated carbocycles. The Kier molecular flexibility index (Phi) is 4.62. The maximum Gasteiger partial charge on any atom is 0.336 e. The molecular weight excluding hydrogens is 326 g/mol. The smallest absolute Gasteiger partial charge is 0.336 e. The maximum absolute atomic E-state index is 12.8. The lowest BCUT2D eigenvalue weighted by Gasteiger charge is -2.05. The molecule has 0 aliphatic heterocycles. The second kappa shape index (κ2) is 6.84. The van der Waals surface area contributed by atoms with Gasteiger partial charge >= 0.3 is 6.01 Å². The van der Waals surface area contributed by atoms with E-state index in [4.69, 9.17) is 16.3 Å². The first kappa shape index (κ1) is 16.2. The van der Waals surface area contributed by atoms with E-state index >= 15 is 0 Å². The summed E-state index contributed by atoms with van der Waals surface area (Å²) >= 11 is 6.06. The van der Waals surface area contributed by atoms with Gasteiger partial charge in [-0.1, -0.05) is 41.4 Å². The summed E-state index contributed by atoms with van der Waals surface area (Å²) in [6.07, 6.45) is 0. The SMILES string of the molecule is CCOc1nc(-c2cccc(Cl)c2)n(C(=O)c2ccc(C)cc2)n1. The van der Waals surface area contributed by atoms with Crippen molar-refractivity contribution in [3.05, 3.63) is 64.7 Å². The van der Waals surface area contributed by atoms with E-state index in [0.717, 1.165) is 5.56 Å². The standard InChI is InChI=1S/C18H16ClN3O2/c1-3-24-18-20-16(14-5-4-6-15(19)11-14)22(21-18)17(23)13-9-7-12(2)8-10-13/h4-11H,3H2,1-2H3. The van der Waals surface area contributed by atoms with E-state index in [1.807, 2.05) is 32.0 Å². The third-order valence-corrected chi connectivity index (χ3v) is 3.67. The second-order valence-corrected chi connectivity index (χ2v) is 5.68. The molecule has 0 unspecified atom stereocenters. The summed E-state index contributed by atoms with van der Waals surface area (Å²) in [5, 5.41) is 4.75. The molecule has 5 nitrogen and oxygen atoms in total. The van der Waals surface area contributed by atoms with Gasteiger partial charge in [0.05, 0.1) is 6.61 Å². The van der Waals surface area contributed by atoms with Crippen molar-refractivity contribution in [1.29, 1.82) is 0 Å². The second-order valence-electron chi connectivity index (χ2n) is 5.24.